The topological polar surface area (TPSA) is 76.3 Å². The zero-order chi connectivity index (χ0) is 24.9. The molecule has 1 amide bonds. The highest BCUT2D eigenvalue weighted by Gasteiger charge is 2.23. The lowest BCUT2D eigenvalue weighted by molar-refractivity contribution is -0.118. The maximum Gasteiger partial charge on any atom is 0.267 e. The van der Waals surface area contributed by atoms with Crippen molar-refractivity contribution in [3.05, 3.63) is 91.5 Å². The molecule has 6 nitrogen and oxygen atoms in total. The summed E-state index contributed by atoms with van der Waals surface area (Å²) in [6, 6.07) is 19.3. The highest BCUT2D eigenvalue weighted by atomic mass is 79.9. The second-order valence-corrected chi connectivity index (χ2v) is 11.2. The number of amides is 1. The van der Waals surface area contributed by atoms with E-state index in [0.717, 1.165) is 57.2 Å². The van der Waals surface area contributed by atoms with Gasteiger partial charge in [0.05, 0.1) is 23.0 Å². The molecule has 0 fully saturated rings. The van der Waals surface area contributed by atoms with Crippen LogP contribution in [0.1, 0.15) is 28.8 Å². The van der Waals surface area contributed by atoms with Crippen molar-refractivity contribution < 1.29 is 4.79 Å². The van der Waals surface area contributed by atoms with Gasteiger partial charge in [-0.05, 0) is 70.9 Å². The number of hydrogen-bond acceptors (Lipinski definition) is 6. The van der Waals surface area contributed by atoms with E-state index in [1.807, 2.05) is 66.7 Å². The van der Waals surface area contributed by atoms with Gasteiger partial charge in [-0.1, -0.05) is 60.3 Å². The number of aromatic nitrogens is 2. The lowest BCUT2D eigenvalue weighted by atomic mass is 9.97. The molecule has 1 aliphatic rings. The Balaban J connectivity index is 1.36. The van der Waals surface area contributed by atoms with E-state index in [1.54, 1.807) is 15.9 Å². The minimum Gasteiger partial charge on any atom is -0.272 e. The minimum atomic E-state index is -0.282. The first-order valence-electron chi connectivity index (χ1n) is 11.6. The van der Waals surface area contributed by atoms with Crippen LogP contribution in [0.2, 0.25) is 0 Å². The number of aryl methyl sites for hydroxylation is 2. The zero-order valence-electron chi connectivity index (χ0n) is 19.3. The van der Waals surface area contributed by atoms with Crippen molar-refractivity contribution in [1.29, 1.82) is 0 Å². The SMILES string of the molecule is O=C(CSc1nc2sc3c(c2c(=O)n1-c1ccccc1)CCCC3)NN=CC(Br)=Cc1ccccc1. The van der Waals surface area contributed by atoms with Gasteiger partial charge in [0.15, 0.2) is 5.16 Å². The summed E-state index contributed by atoms with van der Waals surface area (Å²) in [4.78, 5) is 33.1. The van der Waals surface area contributed by atoms with E-state index in [0.29, 0.717) is 5.16 Å². The second kappa shape index (κ2) is 11.4. The molecule has 2 aromatic heterocycles. The summed E-state index contributed by atoms with van der Waals surface area (Å²) in [5.41, 5.74) is 5.39. The van der Waals surface area contributed by atoms with E-state index in [2.05, 4.69) is 26.5 Å². The average Bonchev–Trinajstić information content (AvgIpc) is 3.27. The molecule has 0 aliphatic heterocycles. The molecule has 4 aromatic rings. The third-order valence-electron chi connectivity index (χ3n) is 5.79. The number of rotatable bonds is 7. The van der Waals surface area contributed by atoms with Crippen LogP contribution in [0.15, 0.2) is 80.2 Å². The number of hydrogen-bond donors (Lipinski definition) is 1. The Morgan fingerprint density at radius 1 is 1.11 bits per heavy atom. The van der Waals surface area contributed by atoms with Crippen LogP contribution in [-0.4, -0.2) is 27.4 Å². The first kappa shape index (κ1) is 24.7. The van der Waals surface area contributed by atoms with Gasteiger partial charge in [-0.15, -0.1) is 11.3 Å². The molecule has 0 atom stereocenters. The number of thiophene rings is 1. The summed E-state index contributed by atoms with van der Waals surface area (Å²) >= 11 is 6.28. The monoisotopic (exact) mass is 578 g/mol. The standard InChI is InChI=1S/C27H23BrN4O2S2/c28-19(15-18-9-3-1-4-10-18)16-29-31-23(33)17-35-27-30-25-24(21-13-7-8-14-22(21)36-25)26(34)32(27)20-11-5-2-6-12-20/h1-6,9-12,15-16H,7-8,13-14,17H2,(H,31,33). The molecule has 2 heterocycles. The summed E-state index contributed by atoms with van der Waals surface area (Å²) in [7, 11) is 0. The van der Waals surface area contributed by atoms with Crippen molar-refractivity contribution >= 4 is 67.4 Å². The van der Waals surface area contributed by atoms with Crippen molar-refractivity contribution in [1.82, 2.24) is 15.0 Å². The van der Waals surface area contributed by atoms with Crippen LogP contribution in [-0.2, 0) is 17.6 Å². The van der Waals surface area contributed by atoms with Crippen LogP contribution < -0.4 is 11.0 Å². The van der Waals surface area contributed by atoms with Gasteiger partial charge in [-0.3, -0.25) is 14.2 Å². The van der Waals surface area contributed by atoms with Crippen LogP contribution in [0, 0.1) is 0 Å². The van der Waals surface area contributed by atoms with Crippen molar-refractivity contribution in [2.24, 2.45) is 5.10 Å². The average molecular weight is 580 g/mol. The molecule has 1 N–H and O–H groups in total. The Bertz CT molecular complexity index is 1510. The summed E-state index contributed by atoms with van der Waals surface area (Å²) < 4.78 is 2.36. The van der Waals surface area contributed by atoms with Crippen molar-refractivity contribution in [3.8, 4) is 5.69 Å². The molecular weight excluding hydrogens is 556 g/mol. The van der Waals surface area contributed by atoms with Crippen LogP contribution in [0.3, 0.4) is 0 Å². The number of carbonyl (C=O) groups excluding carboxylic acids is 1. The molecule has 36 heavy (non-hydrogen) atoms. The first-order chi connectivity index (χ1) is 17.6. The van der Waals surface area contributed by atoms with Crippen molar-refractivity contribution in [2.45, 2.75) is 30.8 Å². The normalized spacial score (nSPS) is 13.8. The minimum absolute atomic E-state index is 0.0680. The van der Waals surface area contributed by atoms with Crippen molar-refractivity contribution in [3.63, 3.8) is 0 Å². The number of halogens is 1. The van der Waals surface area contributed by atoms with Gasteiger partial charge in [0.1, 0.15) is 4.83 Å². The number of carbonyl (C=O) groups is 1. The predicted molar refractivity (Wildman–Crippen MR) is 153 cm³/mol. The molecule has 2 aromatic carbocycles. The fraction of sp³-hybridized carbons (Fsp3) is 0.185. The maximum absolute atomic E-state index is 13.7. The molecule has 0 unspecified atom stereocenters. The molecule has 182 valence electrons. The summed E-state index contributed by atoms with van der Waals surface area (Å²) in [6.07, 6.45) is 7.60. The molecule has 5 rings (SSSR count). The number of nitrogens with one attached hydrogen (secondary N) is 1. The molecule has 9 heteroatoms. The van der Waals surface area contributed by atoms with Gasteiger partial charge >= 0.3 is 0 Å². The lowest BCUT2D eigenvalue weighted by Gasteiger charge is -2.13. The van der Waals surface area contributed by atoms with Gasteiger partial charge in [0, 0.05) is 9.36 Å². The quantitative estimate of drug-likeness (QED) is 0.127. The number of fused-ring (bicyclic) bond motifs is 3. The van der Waals surface area contributed by atoms with Crippen LogP contribution >= 0.6 is 39.0 Å². The summed E-state index contributed by atoms with van der Waals surface area (Å²) in [5.74, 6) is -0.205. The third kappa shape index (κ3) is 5.53. The highest BCUT2D eigenvalue weighted by molar-refractivity contribution is 9.12. The number of benzene rings is 2. The predicted octanol–water partition coefficient (Wildman–Crippen LogP) is 5.96. The van der Waals surface area contributed by atoms with Gasteiger partial charge in [-0.25, -0.2) is 10.4 Å². The Morgan fingerprint density at radius 3 is 2.61 bits per heavy atom. The summed E-state index contributed by atoms with van der Waals surface area (Å²) in [6.45, 7) is 0. The molecule has 0 saturated heterocycles. The van der Waals surface area contributed by atoms with E-state index in [-0.39, 0.29) is 17.2 Å². The number of allylic oxidation sites excluding steroid dienone is 1. The second-order valence-electron chi connectivity index (χ2n) is 8.28. The molecule has 0 bridgehead atoms. The Labute approximate surface area is 225 Å². The van der Waals surface area contributed by atoms with Crippen molar-refractivity contribution in [2.75, 3.05) is 5.75 Å². The van der Waals surface area contributed by atoms with E-state index in [4.69, 9.17) is 4.98 Å². The largest absolute Gasteiger partial charge is 0.272 e. The maximum atomic E-state index is 13.7. The number of nitrogens with zero attached hydrogens (tertiary/aromatic N) is 3. The fourth-order valence-corrected chi connectivity index (χ4v) is 6.64. The molecule has 0 radical (unpaired) electrons. The van der Waals surface area contributed by atoms with Gasteiger partial charge in [0.2, 0.25) is 0 Å². The highest BCUT2D eigenvalue weighted by Crippen LogP contribution is 2.35. The van der Waals surface area contributed by atoms with Gasteiger partial charge in [-0.2, -0.15) is 5.10 Å². The van der Waals surface area contributed by atoms with E-state index in [9.17, 15) is 9.59 Å². The van der Waals surface area contributed by atoms with Crippen LogP contribution in [0.4, 0.5) is 0 Å². The Hall–Kier alpha value is -3.01. The zero-order valence-corrected chi connectivity index (χ0v) is 22.5. The lowest BCUT2D eigenvalue weighted by Crippen LogP contribution is -2.24. The van der Waals surface area contributed by atoms with Gasteiger partial charge in [0.25, 0.3) is 11.5 Å². The third-order valence-corrected chi connectivity index (χ3v) is 8.34. The molecule has 1 aliphatic carbocycles. The molecule has 0 saturated carbocycles. The Kier molecular flexibility index (Phi) is 7.79. The summed E-state index contributed by atoms with van der Waals surface area (Å²) in [5, 5.41) is 5.26. The van der Waals surface area contributed by atoms with Crippen LogP contribution in [0.25, 0.3) is 22.0 Å². The van der Waals surface area contributed by atoms with E-state index in [1.165, 1.54) is 22.9 Å². The van der Waals surface area contributed by atoms with E-state index >= 15 is 0 Å². The number of hydrazone groups is 1. The van der Waals surface area contributed by atoms with Gasteiger partial charge < -0.3 is 0 Å². The number of thioether (sulfide) groups is 1. The molecular formula is C27H23BrN4O2S2. The number of para-hydroxylation sites is 1. The van der Waals surface area contributed by atoms with E-state index < -0.39 is 0 Å². The van der Waals surface area contributed by atoms with Crippen LogP contribution in [0.5, 0.6) is 0 Å². The first-order valence-corrected chi connectivity index (χ1v) is 14.2. The molecule has 0 spiro atoms. The smallest absolute Gasteiger partial charge is 0.267 e. The fourth-order valence-electron chi connectivity index (χ4n) is 4.16. The Morgan fingerprint density at radius 2 is 1.83 bits per heavy atom.